The molecule has 0 saturated heterocycles. The Balaban J connectivity index is 2.02. The van der Waals surface area contributed by atoms with Crippen molar-refractivity contribution in [3.8, 4) is 5.75 Å². The van der Waals surface area contributed by atoms with Gasteiger partial charge in [-0.25, -0.2) is 12.8 Å². The molecule has 10 heteroatoms. The average Bonchev–Trinajstić information content (AvgIpc) is 3.05. The quantitative estimate of drug-likeness (QED) is 0.510. The van der Waals surface area contributed by atoms with Crippen molar-refractivity contribution < 1.29 is 30.7 Å². The van der Waals surface area contributed by atoms with E-state index in [0.29, 0.717) is 18.5 Å². The fourth-order valence-corrected chi connectivity index (χ4v) is 6.68. The van der Waals surface area contributed by atoms with Gasteiger partial charge in [-0.3, -0.25) is 0 Å². The first kappa shape index (κ1) is 23.8. The summed E-state index contributed by atoms with van der Waals surface area (Å²) in [6, 6.07) is 7.13. The van der Waals surface area contributed by atoms with Crippen LogP contribution in [0, 0.1) is 5.82 Å². The number of hydrogen-bond donors (Lipinski definition) is 0. The summed E-state index contributed by atoms with van der Waals surface area (Å²) in [6.07, 6.45) is -0.0440. The second-order valence-corrected chi connectivity index (χ2v) is 10.6. The SMILES string of the molecule is COc1cc2c(cc1C(F)(F)F)N(c1ccc(F)cc1)CC1(CCCCCC1)N(C)S2(=O)=O. The molecule has 1 spiro atoms. The molecule has 0 unspecified atom stereocenters. The van der Waals surface area contributed by atoms with Gasteiger partial charge in [0.05, 0.1) is 23.9 Å². The summed E-state index contributed by atoms with van der Waals surface area (Å²) in [4.78, 5) is 1.32. The molecule has 33 heavy (non-hydrogen) atoms. The van der Waals surface area contributed by atoms with Crippen LogP contribution in [0.4, 0.5) is 28.9 Å². The molecule has 2 aromatic rings. The van der Waals surface area contributed by atoms with Gasteiger partial charge in [-0.05, 0) is 43.2 Å². The number of rotatable bonds is 2. The zero-order valence-electron chi connectivity index (χ0n) is 18.5. The van der Waals surface area contributed by atoms with Crippen LogP contribution in [0.15, 0.2) is 41.3 Å². The molecule has 0 radical (unpaired) electrons. The van der Waals surface area contributed by atoms with Gasteiger partial charge in [-0.15, -0.1) is 0 Å². The monoisotopic (exact) mass is 486 g/mol. The molecule has 4 rings (SSSR count). The van der Waals surface area contributed by atoms with Crippen LogP contribution in [-0.4, -0.2) is 39.0 Å². The van der Waals surface area contributed by atoms with Crippen molar-refractivity contribution in [3.05, 3.63) is 47.8 Å². The van der Waals surface area contributed by atoms with Crippen LogP contribution >= 0.6 is 0 Å². The van der Waals surface area contributed by atoms with E-state index in [2.05, 4.69) is 0 Å². The number of fused-ring (bicyclic) bond motifs is 1. The number of ether oxygens (including phenoxy) is 1. The molecule has 0 bridgehead atoms. The second-order valence-electron chi connectivity index (χ2n) is 8.69. The van der Waals surface area contributed by atoms with E-state index in [4.69, 9.17) is 4.74 Å². The fraction of sp³-hybridized carbons (Fsp3) is 0.478. The molecule has 2 aliphatic rings. The van der Waals surface area contributed by atoms with Gasteiger partial charge >= 0.3 is 6.18 Å². The maximum atomic E-state index is 13.9. The van der Waals surface area contributed by atoms with E-state index < -0.39 is 38.9 Å². The third-order valence-corrected chi connectivity index (χ3v) is 8.80. The largest absolute Gasteiger partial charge is 0.496 e. The fourth-order valence-electron chi connectivity index (χ4n) is 4.95. The predicted octanol–water partition coefficient (Wildman–Crippen LogP) is 5.72. The second kappa shape index (κ2) is 8.47. The lowest BCUT2D eigenvalue weighted by Gasteiger charge is -2.41. The molecule has 2 aromatic carbocycles. The molecule has 5 nitrogen and oxygen atoms in total. The first-order valence-corrected chi connectivity index (χ1v) is 12.2. The predicted molar refractivity (Wildman–Crippen MR) is 117 cm³/mol. The minimum Gasteiger partial charge on any atom is -0.496 e. The van der Waals surface area contributed by atoms with Crippen molar-refractivity contribution >= 4 is 21.4 Å². The first-order chi connectivity index (χ1) is 15.5. The smallest absolute Gasteiger partial charge is 0.420 e. The maximum absolute atomic E-state index is 13.9. The molecular weight excluding hydrogens is 460 g/mol. The number of benzene rings is 2. The minimum absolute atomic E-state index is 0.0947. The highest BCUT2D eigenvalue weighted by molar-refractivity contribution is 7.89. The summed E-state index contributed by atoms with van der Waals surface area (Å²) >= 11 is 0. The van der Waals surface area contributed by atoms with E-state index in [-0.39, 0.29) is 17.1 Å². The first-order valence-electron chi connectivity index (χ1n) is 10.8. The zero-order chi connectivity index (χ0) is 24.0. The molecule has 1 aliphatic heterocycles. The number of nitrogens with zero attached hydrogens (tertiary/aromatic N) is 2. The molecule has 0 aromatic heterocycles. The van der Waals surface area contributed by atoms with Crippen molar-refractivity contribution in [2.24, 2.45) is 0 Å². The molecule has 0 N–H and O–H groups in total. The summed E-state index contributed by atoms with van der Waals surface area (Å²) in [6.45, 7) is 0.158. The van der Waals surface area contributed by atoms with Crippen LogP contribution in [-0.2, 0) is 16.2 Å². The Morgan fingerprint density at radius 3 is 2.15 bits per heavy atom. The summed E-state index contributed by atoms with van der Waals surface area (Å²) in [5, 5.41) is 0. The summed E-state index contributed by atoms with van der Waals surface area (Å²) in [5.41, 5.74) is -1.55. The molecular formula is C23H26F4N2O3S. The Morgan fingerprint density at radius 2 is 1.61 bits per heavy atom. The van der Waals surface area contributed by atoms with Crippen molar-refractivity contribution in [1.82, 2.24) is 4.31 Å². The van der Waals surface area contributed by atoms with Gasteiger partial charge in [0.25, 0.3) is 0 Å². The molecule has 1 fully saturated rings. The van der Waals surface area contributed by atoms with E-state index in [1.165, 1.54) is 35.6 Å². The summed E-state index contributed by atoms with van der Waals surface area (Å²) < 4.78 is 89.0. The molecule has 1 heterocycles. The van der Waals surface area contributed by atoms with Crippen LogP contribution < -0.4 is 9.64 Å². The zero-order valence-corrected chi connectivity index (χ0v) is 19.3. The molecule has 1 aliphatic carbocycles. The molecule has 1 saturated carbocycles. The van der Waals surface area contributed by atoms with Gasteiger partial charge in [-0.1, -0.05) is 25.7 Å². The molecule has 0 amide bonds. The number of sulfonamides is 1. The highest BCUT2D eigenvalue weighted by Gasteiger charge is 2.48. The Morgan fingerprint density at radius 1 is 1.00 bits per heavy atom. The van der Waals surface area contributed by atoms with E-state index in [9.17, 15) is 26.0 Å². The Hall–Kier alpha value is -2.33. The van der Waals surface area contributed by atoms with Gasteiger partial charge in [0.15, 0.2) is 0 Å². The van der Waals surface area contributed by atoms with Gasteiger partial charge in [0.2, 0.25) is 10.0 Å². The normalized spacial score (nSPS) is 20.7. The number of methoxy groups -OCH3 is 1. The highest BCUT2D eigenvalue weighted by atomic mass is 32.2. The van der Waals surface area contributed by atoms with Crippen LogP contribution in [0.1, 0.15) is 44.1 Å². The van der Waals surface area contributed by atoms with Crippen LogP contribution in [0.5, 0.6) is 5.75 Å². The van der Waals surface area contributed by atoms with Crippen molar-refractivity contribution in [3.63, 3.8) is 0 Å². The minimum atomic E-state index is -4.75. The van der Waals surface area contributed by atoms with Crippen molar-refractivity contribution in [1.29, 1.82) is 0 Å². The van der Waals surface area contributed by atoms with Gasteiger partial charge in [0, 0.05) is 25.3 Å². The van der Waals surface area contributed by atoms with Crippen molar-refractivity contribution in [2.75, 3.05) is 25.6 Å². The average molecular weight is 487 g/mol. The highest BCUT2D eigenvalue weighted by Crippen LogP contribution is 2.48. The van der Waals surface area contributed by atoms with Crippen LogP contribution in [0.2, 0.25) is 0 Å². The standard InChI is InChI=1S/C23H26F4N2O3S/c1-28-22(11-5-3-4-6-12-22)15-29(17-9-7-16(24)8-10-17)19-13-18(23(25,26)27)20(32-2)14-21(19)33(28,30)31/h7-10,13-14H,3-6,11-12,15H2,1-2H3. The lowest BCUT2D eigenvalue weighted by Crippen LogP contribution is -2.53. The van der Waals surface area contributed by atoms with Gasteiger partial charge < -0.3 is 9.64 Å². The summed E-state index contributed by atoms with van der Waals surface area (Å²) in [7, 11) is -1.57. The third kappa shape index (κ3) is 4.19. The Bertz CT molecular complexity index is 1130. The van der Waals surface area contributed by atoms with Crippen LogP contribution in [0.25, 0.3) is 0 Å². The Kier molecular flexibility index (Phi) is 6.11. The molecule has 180 valence electrons. The van der Waals surface area contributed by atoms with E-state index in [0.717, 1.165) is 44.9 Å². The lowest BCUT2D eigenvalue weighted by atomic mass is 9.89. The maximum Gasteiger partial charge on any atom is 0.420 e. The number of anilines is 2. The topological polar surface area (TPSA) is 49.9 Å². The van der Waals surface area contributed by atoms with Crippen molar-refractivity contribution in [2.45, 2.75) is 55.1 Å². The van der Waals surface area contributed by atoms with E-state index in [1.54, 1.807) is 4.90 Å². The summed E-state index contributed by atoms with van der Waals surface area (Å²) in [5.74, 6) is -1.05. The Labute approximate surface area is 191 Å². The molecule has 0 atom stereocenters. The number of alkyl halides is 3. The lowest BCUT2D eigenvalue weighted by molar-refractivity contribution is -0.138. The number of likely N-dealkylation sites (N-methyl/N-ethyl adjacent to an activating group) is 1. The van der Waals surface area contributed by atoms with Crippen LogP contribution in [0.3, 0.4) is 0 Å². The van der Waals surface area contributed by atoms with Gasteiger partial charge in [-0.2, -0.15) is 17.5 Å². The number of hydrogen-bond acceptors (Lipinski definition) is 4. The van der Waals surface area contributed by atoms with E-state index >= 15 is 0 Å². The van der Waals surface area contributed by atoms with E-state index in [1.807, 2.05) is 0 Å². The number of halogens is 4. The third-order valence-electron chi connectivity index (χ3n) is 6.81. The van der Waals surface area contributed by atoms with Gasteiger partial charge in [0.1, 0.15) is 16.5 Å².